The van der Waals surface area contributed by atoms with Crippen molar-refractivity contribution in [2.45, 2.75) is 26.2 Å². The summed E-state index contributed by atoms with van der Waals surface area (Å²) >= 11 is 0. The molecule has 18 heavy (non-hydrogen) atoms. The number of rotatable bonds is 2. The molecule has 1 unspecified atom stereocenters. The van der Waals surface area contributed by atoms with E-state index in [9.17, 15) is 13.6 Å². The molecule has 0 saturated carbocycles. The Balaban J connectivity index is 2.18. The predicted molar refractivity (Wildman–Crippen MR) is 63.1 cm³/mol. The van der Waals surface area contributed by atoms with Crippen LogP contribution >= 0.6 is 0 Å². The van der Waals surface area contributed by atoms with Gasteiger partial charge in [0.15, 0.2) is 5.82 Å². The first-order valence-corrected chi connectivity index (χ1v) is 6.22. The Labute approximate surface area is 105 Å². The van der Waals surface area contributed by atoms with E-state index >= 15 is 0 Å². The molecule has 1 fully saturated rings. The standard InChI is InChI=1S/C13H16F2N2O/c1-2-9-4-3-7-17(8-9)13(18)10-5-6-16-12(15)11(10)14/h5-6,9H,2-4,7-8H2,1H3. The fourth-order valence-electron chi connectivity index (χ4n) is 2.34. The summed E-state index contributed by atoms with van der Waals surface area (Å²) < 4.78 is 26.5. The Hall–Kier alpha value is -1.52. The molecule has 1 aliphatic rings. The first kappa shape index (κ1) is 12.9. The number of nitrogens with zero attached hydrogens (tertiary/aromatic N) is 2. The van der Waals surface area contributed by atoms with Crippen molar-refractivity contribution >= 4 is 5.91 Å². The molecule has 0 aliphatic carbocycles. The van der Waals surface area contributed by atoms with Crippen LogP contribution in [0.3, 0.4) is 0 Å². The number of carbonyl (C=O) groups is 1. The Morgan fingerprint density at radius 2 is 2.33 bits per heavy atom. The second-order valence-electron chi connectivity index (χ2n) is 4.63. The largest absolute Gasteiger partial charge is 0.338 e. The van der Waals surface area contributed by atoms with E-state index < -0.39 is 17.7 Å². The summed E-state index contributed by atoms with van der Waals surface area (Å²) in [5, 5.41) is 0. The van der Waals surface area contributed by atoms with Crippen molar-refractivity contribution in [2.24, 2.45) is 5.92 Å². The zero-order valence-electron chi connectivity index (χ0n) is 10.3. The van der Waals surface area contributed by atoms with Crippen molar-refractivity contribution in [1.82, 2.24) is 9.88 Å². The van der Waals surface area contributed by atoms with Crippen molar-refractivity contribution in [2.75, 3.05) is 13.1 Å². The molecular formula is C13H16F2N2O. The van der Waals surface area contributed by atoms with Gasteiger partial charge in [-0.05, 0) is 24.8 Å². The number of hydrogen-bond donors (Lipinski definition) is 0. The van der Waals surface area contributed by atoms with Crippen molar-refractivity contribution < 1.29 is 13.6 Å². The van der Waals surface area contributed by atoms with Crippen molar-refractivity contribution in [1.29, 1.82) is 0 Å². The quantitative estimate of drug-likeness (QED) is 0.760. The van der Waals surface area contributed by atoms with Crippen LogP contribution in [0, 0.1) is 17.7 Å². The molecule has 0 N–H and O–H groups in total. The summed E-state index contributed by atoms with van der Waals surface area (Å²) in [6.07, 6.45) is 4.12. The zero-order valence-corrected chi connectivity index (χ0v) is 10.3. The average Bonchev–Trinajstić information content (AvgIpc) is 2.41. The van der Waals surface area contributed by atoms with Crippen LogP contribution in [0.2, 0.25) is 0 Å². The van der Waals surface area contributed by atoms with Gasteiger partial charge in [0, 0.05) is 19.3 Å². The van der Waals surface area contributed by atoms with E-state index in [1.54, 1.807) is 4.90 Å². The highest BCUT2D eigenvalue weighted by Gasteiger charge is 2.26. The van der Waals surface area contributed by atoms with Crippen molar-refractivity contribution in [3.63, 3.8) is 0 Å². The van der Waals surface area contributed by atoms with Gasteiger partial charge in [0.05, 0.1) is 5.56 Å². The smallest absolute Gasteiger partial charge is 0.257 e. The van der Waals surface area contributed by atoms with Crippen LogP contribution in [-0.2, 0) is 0 Å². The summed E-state index contributed by atoms with van der Waals surface area (Å²) in [5.74, 6) is -2.35. The first-order chi connectivity index (χ1) is 8.63. The Morgan fingerprint density at radius 1 is 1.56 bits per heavy atom. The molecule has 2 rings (SSSR count). The van der Waals surface area contributed by atoms with Crippen LogP contribution in [-0.4, -0.2) is 28.9 Å². The number of hydrogen-bond acceptors (Lipinski definition) is 2. The minimum atomic E-state index is -1.22. The predicted octanol–water partition coefficient (Wildman–Crippen LogP) is 2.62. The lowest BCUT2D eigenvalue weighted by molar-refractivity contribution is 0.0665. The van der Waals surface area contributed by atoms with Crippen LogP contribution in [0.25, 0.3) is 0 Å². The normalized spacial score (nSPS) is 19.9. The first-order valence-electron chi connectivity index (χ1n) is 6.22. The fraction of sp³-hybridized carbons (Fsp3) is 0.538. The number of amides is 1. The van der Waals surface area contributed by atoms with Gasteiger partial charge in [0.25, 0.3) is 5.91 Å². The topological polar surface area (TPSA) is 33.2 Å². The monoisotopic (exact) mass is 254 g/mol. The highest BCUT2D eigenvalue weighted by atomic mass is 19.2. The summed E-state index contributed by atoms with van der Waals surface area (Å²) in [5.41, 5.74) is -0.223. The second-order valence-corrected chi connectivity index (χ2v) is 4.63. The van der Waals surface area contributed by atoms with E-state index in [4.69, 9.17) is 0 Å². The third-order valence-electron chi connectivity index (χ3n) is 3.46. The number of pyridine rings is 1. The lowest BCUT2D eigenvalue weighted by Crippen LogP contribution is -2.40. The second kappa shape index (κ2) is 5.42. The lowest BCUT2D eigenvalue weighted by Gasteiger charge is -2.32. The molecule has 5 heteroatoms. The number of carbonyl (C=O) groups excluding carboxylic acids is 1. The Morgan fingerprint density at radius 3 is 3.06 bits per heavy atom. The van der Waals surface area contributed by atoms with Gasteiger partial charge in [-0.2, -0.15) is 4.39 Å². The van der Waals surface area contributed by atoms with Gasteiger partial charge in [-0.1, -0.05) is 13.3 Å². The Bertz CT molecular complexity index is 451. The SMILES string of the molecule is CCC1CCCN(C(=O)c2ccnc(F)c2F)C1. The molecule has 98 valence electrons. The van der Waals surface area contributed by atoms with E-state index in [2.05, 4.69) is 11.9 Å². The number of aromatic nitrogens is 1. The zero-order chi connectivity index (χ0) is 13.1. The minimum Gasteiger partial charge on any atom is -0.338 e. The van der Waals surface area contributed by atoms with Crippen LogP contribution in [0.1, 0.15) is 36.5 Å². The van der Waals surface area contributed by atoms with Gasteiger partial charge in [-0.3, -0.25) is 4.79 Å². The molecule has 1 amide bonds. The van der Waals surface area contributed by atoms with Gasteiger partial charge >= 0.3 is 0 Å². The van der Waals surface area contributed by atoms with Gasteiger partial charge in [0.2, 0.25) is 5.95 Å². The minimum absolute atomic E-state index is 0.223. The molecule has 1 atom stereocenters. The van der Waals surface area contributed by atoms with E-state index in [-0.39, 0.29) is 5.56 Å². The molecule has 1 saturated heterocycles. The molecule has 1 aromatic rings. The van der Waals surface area contributed by atoms with Crippen LogP contribution in [0.5, 0.6) is 0 Å². The average molecular weight is 254 g/mol. The lowest BCUT2D eigenvalue weighted by atomic mass is 9.95. The highest BCUT2D eigenvalue weighted by Crippen LogP contribution is 2.21. The molecule has 0 spiro atoms. The van der Waals surface area contributed by atoms with Crippen LogP contribution < -0.4 is 0 Å². The molecule has 0 radical (unpaired) electrons. The van der Waals surface area contributed by atoms with Crippen LogP contribution in [0.4, 0.5) is 8.78 Å². The van der Waals surface area contributed by atoms with Crippen molar-refractivity contribution in [3.8, 4) is 0 Å². The third kappa shape index (κ3) is 2.49. The molecule has 2 heterocycles. The molecule has 3 nitrogen and oxygen atoms in total. The summed E-state index contributed by atoms with van der Waals surface area (Å²) in [7, 11) is 0. The number of halogens is 2. The maximum atomic E-state index is 13.5. The summed E-state index contributed by atoms with van der Waals surface area (Å²) in [4.78, 5) is 16.9. The van der Waals surface area contributed by atoms with Gasteiger partial charge in [-0.25, -0.2) is 9.37 Å². The van der Waals surface area contributed by atoms with Crippen molar-refractivity contribution in [3.05, 3.63) is 29.6 Å². The molecule has 0 aromatic carbocycles. The van der Waals surface area contributed by atoms with E-state index in [0.29, 0.717) is 19.0 Å². The molecule has 1 aliphatic heterocycles. The number of piperidine rings is 1. The summed E-state index contributed by atoms with van der Waals surface area (Å²) in [6, 6.07) is 1.23. The van der Waals surface area contributed by atoms with E-state index in [0.717, 1.165) is 25.5 Å². The maximum Gasteiger partial charge on any atom is 0.257 e. The third-order valence-corrected chi connectivity index (χ3v) is 3.46. The number of likely N-dealkylation sites (tertiary alicyclic amines) is 1. The van der Waals surface area contributed by atoms with Gasteiger partial charge in [-0.15, -0.1) is 0 Å². The van der Waals surface area contributed by atoms with E-state index in [1.165, 1.54) is 6.07 Å². The highest BCUT2D eigenvalue weighted by molar-refractivity contribution is 5.94. The molecular weight excluding hydrogens is 238 g/mol. The fourth-order valence-corrected chi connectivity index (χ4v) is 2.34. The van der Waals surface area contributed by atoms with Gasteiger partial charge < -0.3 is 4.90 Å². The molecule has 0 bridgehead atoms. The Kier molecular flexibility index (Phi) is 3.89. The van der Waals surface area contributed by atoms with Gasteiger partial charge in [0.1, 0.15) is 0 Å². The summed E-state index contributed by atoms with van der Waals surface area (Å²) in [6.45, 7) is 3.31. The van der Waals surface area contributed by atoms with Crippen LogP contribution in [0.15, 0.2) is 12.3 Å². The van der Waals surface area contributed by atoms with E-state index in [1.807, 2.05) is 0 Å². The molecule has 1 aromatic heterocycles. The maximum absolute atomic E-state index is 13.5.